The molecule has 2 unspecified atom stereocenters. The second-order valence-corrected chi connectivity index (χ2v) is 8.08. The number of hydrogen-bond donors (Lipinski definition) is 2. The average Bonchev–Trinajstić information content (AvgIpc) is 2.96. The van der Waals surface area contributed by atoms with Crippen LogP contribution in [-0.2, 0) is 14.8 Å². The molecule has 0 radical (unpaired) electrons. The molecule has 6 nitrogen and oxygen atoms in total. The van der Waals surface area contributed by atoms with Crippen molar-refractivity contribution in [3.05, 3.63) is 0 Å². The molecular weight excluding hydrogens is 326 g/mol. The van der Waals surface area contributed by atoms with Gasteiger partial charge in [0, 0.05) is 13.1 Å². The Kier molecular flexibility index (Phi) is 8.10. The summed E-state index contributed by atoms with van der Waals surface area (Å²) in [5, 5.41) is 6.27. The van der Waals surface area contributed by atoms with Crippen LogP contribution in [0, 0.1) is 5.92 Å². The fourth-order valence-corrected chi connectivity index (χ4v) is 4.92. The maximum absolute atomic E-state index is 12.3. The molecule has 2 aliphatic heterocycles. The minimum atomic E-state index is -3.29. The Morgan fingerprint density at radius 3 is 2.73 bits per heavy atom. The van der Waals surface area contributed by atoms with Crippen molar-refractivity contribution in [1.29, 1.82) is 0 Å². The fraction of sp³-hybridized carbons (Fsp3) is 0.929. The second-order valence-electron chi connectivity index (χ2n) is 6.04. The van der Waals surface area contributed by atoms with Crippen LogP contribution >= 0.6 is 12.4 Å². The number of rotatable bonds is 6. The number of piperidine rings is 1. The Labute approximate surface area is 139 Å². The summed E-state index contributed by atoms with van der Waals surface area (Å²) in [6.07, 6.45) is 4.25. The molecule has 2 N–H and O–H groups in total. The van der Waals surface area contributed by atoms with Gasteiger partial charge in [-0.1, -0.05) is 6.92 Å². The summed E-state index contributed by atoms with van der Waals surface area (Å²) in [5.41, 5.74) is 0. The van der Waals surface area contributed by atoms with Gasteiger partial charge in [0.2, 0.25) is 15.9 Å². The summed E-state index contributed by atoms with van der Waals surface area (Å²) < 4.78 is 25.8. The molecule has 22 heavy (non-hydrogen) atoms. The molecule has 0 saturated carbocycles. The number of carbonyl (C=O) groups excluding carboxylic acids is 1. The van der Waals surface area contributed by atoms with Crippen LogP contribution in [0.4, 0.5) is 0 Å². The first-order valence-electron chi connectivity index (χ1n) is 8.02. The lowest BCUT2D eigenvalue weighted by Gasteiger charge is -2.26. The van der Waals surface area contributed by atoms with Gasteiger partial charge in [-0.2, -0.15) is 4.31 Å². The first-order valence-corrected chi connectivity index (χ1v) is 9.63. The summed E-state index contributed by atoms with van der Waals surface area (Å²) in [7, 11) is -3.29. The Hall–Kier alpha value is -0.370. The lowest BCUT2D eigenvalue weighted by molar-refractivity contribution is -0.124. The number of carbonyl (C=O) groups is 1. The molecular formula is C14H28ClN3O3S. The van der Waals surface area contributed by atoms with Gasteiger partial charge in [0.15, 0.2) is 0 Å². The second kappa shape index (κ2) is 9.05. The molecule has 0 aromatic carbocycles. The largest absolute Gasteiger partial charge is 0.354 e. The average molecular weight is 354 g/mol. The molecule has 2 saturated heterocycles. The predicted molar refractivity (Wildman–Crippen MR) is 89.7 cm³/mol. The highest BCUT2D eigenvalue weighted by atomic mass is 35.5. The Morgan fingerprint density at radius 1 is 1.32 bits per heavy atom. The van der Waals surface area contributed by atoms with Gasteiger partial charge in [0.1, 0.15) is 6.04 Å². The zero-order valence-corrected chi connectivity index (χ0v) is 14.8. The smallest absolute Gasteiger partial charge is 0.238 e. The highest BCUT2D eigenvalue weighted by Crippen LogP contribution is 2.22. The van der Waals surface area contributed by atoms with Crippen molar-refractivity contribution in [3.63, 3.8) is 0 Å². The topological polar surface area (TPSA) is 78.5 Å². The Bertz CT molecular complexity index is 452. The van der Waals surface area contributed by atoms with E-state index in [4.69, 9.17) is 0 Å². The number of sulfonamides is 1. The highest BCUT2D eigenvalue weighted by molar-refractivity contribution is 7.89. The van der Waals surface area contributed by atoms with E-state index in [1.165, 1.54) is 4.31 Å². The third-order valence-corrected chi connectivity index (χ3v) is 6.37. The minimum Gasteiger partial charge on any atom is -0.354 e. The van der Waals surface area contributed by atoms with E-state index in [9.17, 15) is 13.2 Å². The van der Waals surface area contributed by atoms with E-state index in [1.54, 1.807) is 0 Å². The summed E-state index contributed by atoms with van der Waals surface area (Å²) in [6.45, 7) is 4.95. The van der Waals surface area contributed by atoms with Crippen LogP contribution in [0.5, 0.6) is 0 Å². The van der Waals surface area contributed by atoms with E-state index in [-0.39, 0.29) is 24.1 Å². The van der Waals surface area contributed by atoms with E-state index in [0.29, 0.717) is 31.8 Å². The van der Waals surface area contributed by atoms with E-state index in [0.717, 1.165) is 32.4 Å². The number of hydrogen-bond acceptors (Lipinski definition) is 4. The third-order valence-electron chi connectivity index (χ3n) is 4.29. The molecule has 8 heteroatoms. The molecule has 0 spiro atoms. The van der Waals surface area contributed by atoms with Crippen LogP contribution in [0.25, 0.3) is 0 Å². The Morgan fingerprint density at radius 2 is 2.09 bits per heavy atom. The van der Waals surface area contributed by atoms with Gasteiger partial charge in [-0.15, -0.1) is 12.4 Å². The lowest BCUT2D eigenvalue weighted by atomic mass is 9.99. The minimum absolute atomic E-state index is 0. The van der Waals surface area contributed by atoms with Crippen LogP contribution < -0.4 is 10.6 Å². The lowest BCUT2D eigenvalue weighted by Crippen LogP contribution is -2.48. The summed E-state index contributed by atoms with van der Waals surface area (Å²) in [5.74, 6) is 0.464. The van der Waals surface area contributed by atoms with Crippen molar-refractivity contribution in [1.82, 2.24) is 14.9 Å². The van der Waals surface area contributed by atoms with E-state index in [1.807, 2.05) is 6.92 Å². The summed E-state index contributed by atoms with van der Waals surface area (Å²) in [6, 6.07) is -0.502. The van der Waals surface area contributed by atoms with Gasteiger partial charge >= 0.3 is 0 Å². The number of nitrogens with one attached hydrogen (secondary N) is 2. The molecule has 0 aliphatic carbocycles. The number of amides is 1. The van der Waals surface area contributed by atoms with Crippen molar-refractivity contribution >= 4 is 28.3 Å². The summed E-state index contributed by atoms with van der Waals surface area (Å²) >= 11 is 0. The highest BCUT2D eigenvalue weighted by Gasteiger charge is 2.38. The first kappa shape index (κ1) is 19.7. The van der Waals surface area contributed by atoms with Gasteiger partial charge in [0.05, 0.1) is 5.75 Å². The zero-order valence-electron chi connectivity index (χ0n) is 13.2. The van der Waals surface area contributed by atoms with Gasteiger partial charge in [-0.05, 0) is 51.1 Å². The van der Waals surface area contributed by atoms with Crippen LogP contribution in [0.15, 0.2) is 0 Å². The van der Waals surface area contributed by atoms with Crippen molar-refractivity contribution in [3.8, 4) is 0 Å². The van der Waals surface area contributed by atoms with Crippen molar-refractivity contribution in [2.45, 2.75) is 45.1 Å². The maximum atomic E-state index is 12.3. The normalized spacial score (nSPS) is 26.4. The number of halogens is 1. The molecule has 0 aromatic rings. The van der Waals surface area contributed by atoms with Crippen molar-refractivity contribution in [2.24, 2.45) is 5.92 Å². The van der Waals surface area contributed by atoms with Crippen LogP contribution in [0.3, 0.4) is 0 Å². The third kappa shape index (κ3) is 5.08. The molecule has 2 aliphatic rings. The van der Waals surface area contributed by atoms with Gasteiger partial charge < -0.3 is 10.6 Å². The quantitative estimate of drug-likeness (QED) is 0.737. The molecule has 0 aromatic heterocycles. The summed E-state index contributed by atoms with van der Waals surface area (Å²) in [4.78, 5) is 12.3. The first-order chi connectivity index (χ1) is 10.0. The molecule has 2 rings (SSSR count). The van der Waals surface area contributed by atoms with Crippen molar-refractivity contribution < 1.29 is 13.2 Å². The molecule has 2 fully saturated rings. The van der Waals surface area contributed by atoms with Crippen molar-refractivity contribution in [2.75, 3.05) is 31.9 Å². The predicted octanol–water partition coefficient (Wildman–Crippen LogP) is 0.728. The van der Waals surface area contributed by atoms with E-state index < -0.39 is 16.1 Å². The van der Waals surface area contributed by atoms with E-state index >= 15 is 0 Å². The molecule has 130 valence electrons. The number of nitrogens with zero attached hydrogens (tertiary/aromatic N) is 1. The van der Waals surface area contributed by atoms with Gasteiger partial charge in [0.25, 0.3) is 0 Å². The molecule has 2 heterocycles. The van der Waals surface area contributed by atoms with Crippen LogP contribution in [0.1, 0.15) is 39.0 Å². The monoisotopic (exact) mass is 353 g/mol. The zero-order chi connectivity index (χ0) is 15.3. The Balaban J connectivity index is 0.00000242. The van der Waals surface area contributed by atoms with Crippen LogP contribution in [-0.4, -0.2) is 56.6 Å². The standard InChI is InChI=1S/C14H27N3O3S.ClH/c1-2-9-21(19,20)17-8-4-6-13(17)14(18)16-11-12-5-3-7-15-10-12;/h12-13,15H,2-11H2,1H3,(H,16,18);1H. The SMILES string of the molecule is CCCS(=O)(=O)N1CCCC1C(=O)NCC1CCCNC1.Cl. The molecule has 0 bridgehead atoms. The fourth-order valence-electron chi connectivity index (χ4n) is 3.17. The van der Waals surface area contributed by atoms with Gasteiger partial charge in [-0.25, -0.2) is 8.42 Å². The maximum Gasteiger partial charge on any atom is 0.238 e. The molecule has 1 amide bonds. The van der Waals surface area contributed by atoms with E-state index in [2.05, 4.69) is 10.6 Å². The van der Waals surface area contributed by atoms with Gasteiger partial charge in [-0.3, -0.25) is 4.79 Å². The molecule has 2 atom stereocenters. The van der Waals surface area contributed by atoms with Crippen LogP contribution in [0.2, 0.25) is 0 Å².